The summed E-state index contributed by atoms with van der Waals surface area (Å²) < 4.78 is 0. The van der Waals surface area contributed by atoms with Crippen LogP contribution in [-0.2, 0) is 0 Å². The van der Waals surface area contributed by atoms with Gasteiger partial charge in [-0.25, -0.2) is 0 Å². The molecule has 0 bridgehead atoms. The van der Waals surface area contributed by atoms with Gasteiger partial charge in [0.1, 0.15) is 0 Å². The molecule has 0 N–H and O–H groups in total. The normalized spacial score (nSPS) is 12.0. The van der Waals surface area contributed by atoms with Gasteiger partial charge in [0.15, 0.2) is 0 Å². The van der Waals surface area contributed by atoms with Gasteiger partial charge in [-0.05, 0) is 30.6 Å². The van der Waals surface area contributed by atoms with Crippen molar-refractivity contribution in [2.45, 2.75) is 51.1 Å². The van der Waals surface area contributed by atoms with Crippen LogP contribution in [0.4, 0.5) is 0 Å². The molecule has 0 aliphatic carbocycles. The first-order valence-electron chi connectivity index (χ1n) is 4.67. The van der Waals surface area contributed by atoms with Crippen LogP contribution in [0.1, 0.15) is 46.0 Å². The van der Waals surface area contributed by atoms with Gasteiger partial charge in [0, 0.05) is 0 Å². The SMILES string of the molecule is CCCC(P)(CCC)CCP. The third kappa shape index (κ3) is 5.15. The minimum absolute atomic E-state index is 0.547. The van der Waals surface area contributed by atoms with Crippen molar-refractivity contribution in [3.63, 3.8) is 0 Å². The van der Waals surface area contributed by atoms with Crippen LogP contribution in [0.3, 0.4) is 0 Å². The van der Waals surface area contributed by atoms with Crippen LogP contribution in [0.5, 0.6) is 0 Å². The van der Waals surface area contributed by atoms with Crippen LogP contribution in [0, 0.1) is 0 Å². The van der Waals surface area contributed by atoms with Gasteiger partial charge < -0.3 is 0 Å². The Labute approximate surface area is 76.3 Å². The summed E-state index contributed by atoms with van der Waals surface area (Å²) in [4.78, 5) is 0. The van der Waals surface area contributed by atoms with E-state index in [4.69, 9.17) is 0 Å². The van der Waals surface area contributed by atoms with E-state index in [1.165, 1.54) is 38.3 Å². The van der Waals surface area contributed by atoms with E-state index in [0.29, 0.717) is 5.16 Å². The Balaban J connectivity index is 3.79. The standard InChI is InChI=1S/C9H22P2/c1-3-5-9(11,6-4-2)7-8-10/h3-8,10-11H2,1-2H3. The Morgan fingerprint density at radius 2 is 1.45 bits per heavy atom. The maximum atomic E-state index is 3.06. The maximum absolute atomic E-state index is 3.06. The van der Waals surface area contributed by atoms with E-state index < -0.39 is 0 Å². The number of hydrogen-bond acceptors (Lipinski definition) is 0. The fraction of sp³-hybridized carbons (Fsp3) is 1.00. The summed E-state index contributed by atoms with van der Waals surface area (Å²) in [5.74, 6) is 0. The summed E-state index contributed by atoms with van der Waals surface area (Å²) in [7, 11) is 5.89. The van der Waals surface area contributed by atoms with Crippen molar-refractivity contribution in [2.24, 2.45) is 0 Å². The van der Waals surface area contributed by atoms with Crippen molar-refractivity contribution in [1.29, 1.82) is 0 Å². The molecule has 0 radical (unpaired) electrons. The van der Waals surface area contributed by atoms with Crippen molar-refractivity contribution in [3.8, 4) is 0 Å². The van der Waals surface area contributed by atoms with Crippen LogP contribution in [0.25, 0.3) is 0 Å². The summed E-state index contributed by atoms with van der Waals surface area (Å²) in [6.07, 6.45) is 7.93. The largest absolute Gasteiger partial charge is 0.138 e. The molecule has 0 saturated heterocycles. The van der Waals surface area contributed by atoms with Crippen molar-refractivity contribution >= 4 is 18.5 Å². The molecule has 0 aromatic rings. The summed E-state index contributed by atoms with van der Waals surface area (Å²) in [5.41, 5.74) is 0. The van der Waals surface area contributed by atoms with Crippen molar-refractivity contribution < 1.29 is 0 Å². The van der Waals surface area contributed by atoms with E-state index in [0.717, 1.165) is 0 Å². The van der Waals surface area contributed by atoms with Gasteiger partial charge in [0.25, 0.3) is 0 Å². The Morgan fingerprint density at radius 3 is 1.73 bits per heavy atom. The molecule has 0 fully saturated rings. The van der Waals surface area contributed by atoms with E-state index >= 15 is 0 Å². The summed E-state index contributed by atoms with van der Waals surface area (Å²) in [6, 6.07) is 0. The molecule has 0 rings (SSSR count). The highest BCUT2D eigenvalue weighted by Crippen LogP contribution is 2.33. The highest BCUT2D eigenvalue weighted by atomic mass is 31.0. The first kappa shape index (κ1) is 11.9. The second-order valence-corrected chi connectivity index (χ2v) is 5.20. The molecule has 11 heavy (non-hydrogen) atoms. The van der Waals surface area contributed by atoms with Gasteiger partial charge in [-0.15, -0.1) is 18.5 Å². The van der Waals surface area contributed by atoms with E-state index in [2.05, 4.69) is 32.3 Å². The van der Waals surface area contributed by atoms with Crippen LogP contribution in [0.15, 0.2) is 0 Å². The van der Waals surface area contributed by atoms with Crippen molar-refractivity contribution in [3.05, 3.63) is 0 Å². The molecular formula is C9H22P2. The van der Waals surface area contributed by atoms with Gasteiger partial charge in [0.2, 0.25) is 0 Å². The third-order valence-electron chi connectivity index (χ3n) is 2.14. The minimum Gasteiger partial charge on any atom is -0.138 e. The third-order valence-corrected chi connectivity index (χ3v) is 3.29. The topological polar surface area (TPSA) is 0 Å². The zero-order chi connectivity index (χ0) is 8.74. The molecule has 0 aromatic carbocycles. The fourth-order valence-corrected chi connectivity index (χ4v) is 3.31. The second kappa shape index (κ2) is 6.38. The molecule has 2 heteroatoms. The summed E-state index contributed by atoms with van der Waals surface area (Å²) >= 11 is 0. The average Bonchev–Trinajstić information content (AvgIpc) is 1.88. The van der Waals surface area contributed by atoms with Crippen molar-refractivity contribution in [2.75, 3.05) is 6.16 Å². The second-order valence-electron chi connectivity index (χ2n) is 3.40. The molecule has 2 atom stereocenters. The number of hydrogen-bond donors (Lipinski definition) is 0. The summed E-state index contributed by atoms with van der Waals surface area (Å²) in [6.45, 7) is 4.55. The van der Waals surface area contributed by atoms with Crippen molar-refractivity contribution in [1.82, 2.24) is 0 Å². The maximum Gasteiger partial charge on any atom is -0.0147 e. The molecule has 2 unspecified atom stereocenters. The van der Waals surface area contributed by atoms with Gasteiger partial charge in [-0.3, -0.25) is 0 Å². The van der Waals surface area contributed by atoms with E-state index in [9.17, 15) is 0 Å². The van der Waals surface area contributed by atoms with E-state index in [1.54, 1.807) is 0 Å². The first-order valence-corrected chi connectivity index (χ1v) is 6.07. The average molecular weight is 192 g/mol. The Bertz CT molecular complexity index is 74.5. The highest BCUT2D eigenvalue weighted by Gasteiger charge is 2.20. The number of rotatable bonds is 6. The molecule has 0 nitrogen and oxygen atoms in total. The molecule has 0 heterocycles. The molecule has 0 aliphatic rings. The molecule has 0 amide bonds. The van der Waals surface area contributed by atoms with Gasteiger partial charge in [-0.1, -0.05) is 26.7 Å². The molecule has 0 spiro atoms. The van der Waals surface area contributed by atoms with Crippen LogP contribution < -0.4 is 0 Å². The van der Waals surface area contributed by atoms with Crippen LogP contribution >= 0.6 is 18.5 Å². The van der Waals surface area contributed by atoms with Gasteiger partial charge >= 0.3 is 0 Å². The van der Waals surface area contributed by atoms with Gasteiger partial charge in [0.05, 0.1) is 0 Å². The Kier molecular flexibility index (Phi) is 6.88. The van der Waals surface area contributed by atoms with Gasteiger partial charge in [-0.2, -0.15) is 0 Å². The monoisotopic (exact) mass is 192 g/mol. The fourth-order valence-electron chi connectivity index (χ4n) is 1.66. The smallest absolute Gasteiger partial charge is 0.0147 e. The lowest BCUT2D eigenvalue weighted by Gasteiger charge is -2.28. The predicted molar refractivity (Wildman–Crippen MR) is 61.5 cm³/mol. The zero-order valence-corrected chi connectivity index (χ0v) is 10.2. The zero-order valence-electron chi connectivity index (χ0n) is 7.90. The lowest BCUT2D eigenvalue weighted by atomic mass is 9.94. The molecule has 0 saturated carbocycles. The van der Waals surface area contributed by atoms with Crippen LogP contribution in [-0.4, -0.2) is 11.3 Å². The quantitative estimate of drug-likeness (QED) is 0.565. The minimum atomic E-state index is 0.547. The lowest BCUT2D eigenvalue weighted by Crippen LogP contribution is -2.20. The molecule has 0 aliphatic heterocycles. The molecule has 0 aromatic heterocycles. The highest BCUT2D eigenvalue weighted by molar-refractivity contribution is 7.19. The Morgan fingerprint density at radius 1 is 1.00 bits per heavy atom. The first-order chi connectivity index (χ1) is 5.18. The molecule has 68 valence electrons. The predicted octanol–water partition coefficient (Wildman–Crippen LogP) is 3.47. The Hall–Kier alpha value is 0.860. The molecular weight excluding hydrogens is 170 g/mol. The van der Waals surface area contributed by atoms with Crippen LogP contribution in [0.2, 0.25) is 0 Å². The van der Waals surface area contributed by atoms with E-state index in [-0.39, 0.29) is 0 Å². The van der Waals surface area contributed by atoms with E-state index in [1.807, 2.05) is 0 Å². The summed E-state index contributed by atoms with van der Waals surface area (Å²) in [5, 5.41) is 0.547. The lowest BCUT2D eigenvalue weighted by molar-refractivity contribution is 0.478.